The van der Waals surface area contributed by atoms with Gasteiger partial charge in [-0.15, -0.1) is 0 Å². The van der Waals surface area contributed by atoms with Gasteiger partial charge in [0, 0.05) is 32.2 Å². The van der Waals surface area contributed by atoms with Crippen LogP contribution < -0.4 is 10.6 Å². The van der Waals surface area contributed by atoms with Gasteiger partial charge in [0.25, 0.3) is 0 Å². The third-order valence-corrected chi connectivity index (χ3v) is 4.56. The largest absolute Gasteiger partial charge is 0.338 e. The van der Waals surface area contributed by atoms with Crippen molar-refractivity contribution in [3.05, 3.63) is 48.2 Å². The van der Waals surface area contributed by atoms with E-state index in [0.29, 0.717) is 12.5 Å². The average Bonchev–Trinajstić information content (AvgIpc) is 3.24. The lowest BCUT2D eigenvalue weighted by Gasteiger charge is -2.16. The van der Waals surface area contributed by atoms with Crippen molar-refractivity contribution in [3.8, 4) is 0 Å². The molecule has 134 valence electrons. The predicted octanol–water partition coefficient (Wildman–Crippen LogP) is 2.94. The number of carbonyl (C=O) groups is 1. The van der Waals surface area contributed by atoms with Gasteiger partial charge in [-0.25, -0.2) is 9.48 Å². The van der Waals surface area contributed by atoms with Crippen LogP contribution in [0.4, 0.5) is 10.6 Å². The number of anilines is 1. The molecule has 1 aromatic heterocycles. The Hall–Kier alpha value is -2.34. The highest BCUT2D eigenvalue weighted by atomic mass is 16.2. The molecule has 1 saturated heterocycles. The zero-order valence-electron chi connectivity index (χ0n) is 14.8. The first-order valence-electron chi connectivity index (χ1n) is 9.07. The Labute approximate surface area is 149 Å². The van der Waals surface area contributed by atoms with Gasteiger partial charge in [0.15, 0.2) is 0 Å². The molecule has 1 aromatic carbocycles. The number of carbonyl (C=O) groups excluding carboxylic acids is 1. The number of aryl methyl sites for hydroxylation is 1. The molecular formula is C19H27N5O. The van der Waals surface area contributed by atoms with Crippen LogP contribution in [-0.2, 0) is 13.1 Å². The van der Waals surface area contributed by atoms with Crippen molar-refractivity contribution in [1.29, 1.82) is 0 Å². The van der Waals surface area contributed by atoms with Crippen LogP contribution in [0, 0.1) is 5.92 Å². The Kier molecular flexibility index (Phi) is 6.06. The summed E-state index contributed by atoms with van der Waals surface area (Å²) >= 11 is 0. The Bertz CT molecular complexity index is 669. The molecule has 0 radical (unpaired) electrons. The molecule has 0 unspecified atom stereocenters. The van der Waals surface area contributed by atoms with E-state index in [0.717, 1.165) is 44.8 Å². The maximum absolute atomic E-state index is 12.1. The quantitative estimate of drug-likeness (QED) is 0.814. The zero-order chi connectivity index (χ0) is 17.5. The van der Waals surface area contributed by atoms with Crippen LogP contribution >= 0.6 is 0 Å². The van der Waals surface area contributed by atoms with Crippen molar-refractivity contribution in [2.75, 3.05) is 25.0 Å². The highest BCUT2D eigenvalue weighted by Gasteiger charge is 2.22. The normalized spacial score (nSPS) is 17.6. The summed E-state index contributed by atoms with van der Waals surface area (Å²) in [6, 6.07) is 12.2. The highest BCUT2D eigenvalue weighted by Crippen LogP contribution is 2.18. The van der Waals surface area contributed by atoms with Gasteiger partial charge in [-0.1, -0.05) is 37.3 Å². The fourth-order valence-electron chi connectivity index (χ4n) is 3.29. The van der Waals surface area contributed by atoms with E-state index in [1.807, 2.05) is 16.8 Å². The van der Waals surface area contributed by atoms with Gasteiger partial charge in [0.1, 0.15) is 5.82 Å². The monoisotopic (exact) mass is 341 g/mol. The minimum absolute atomic E-state index is 0.153. The molecule has 2 amide bonds. The fraction of sp³-hybridized carbons (Fsp3) is 0.474. The SMILES string of the molecule is CCCn1nccc1NC(=O)NC[C@@H]1CCN(Cc2ccccc2)C1. The van der Waals surface area contributed by atoms with Crippen LogP contribution in [0.1, 0.15) is 25.3 Å². The lowest BCUT2D eigenvalue weighted by Crippen LogP contribution is -2.34. The molecule has 25 heavy (non-hydrogen) atoms. The number of benzene rings is 1. The van der Waals surface area contributed by atoms with Gasteiger partial charge >= 0.3 is 6.03 Å². The molecule has 1 fully saturated rings. The molecule has 2 aromatic rings. The Balaban J connectivity index is 1.40. The van der Waals surface area contributed by atoms with E-state index in [1.54, 1.807) is 6.20 Å². The second-order valence-corrected chi connectivity index (χ2v) is 6.65. The van der Waals surface area contributed by atoms with Crippen LogP contribution in [-0.4, -0.2) is 40.3 Å². The molecule has 1 aliphatic heterocycles. The first-order valence-corrected chi connectivity index (χ1v) is 9.07. The molecule has 1 atom stereocenters. The van der Waals surface area contributed by atoms with Crippen molar-refractivity contribution in [2.45, 2.75) is 32.9 Å². The molecule has 2 N–H and O–H groups in total. The second kappa shape index (κ2) is 8.67. The number of rotatable bonds is 7. The van der Waals surface area contributed by atoms with Crippen molar-refractivity contribution >= 4 is 11.8 Å². The van der Waals surface area contributed by atoms with E-state index in [1.165, 1.54) is 5.56 Å². The highest BCUT2D eigenvalue weighted by molar-refractivity contribution is 5.88. The minimum atomic E-state index is -0.153. The van der Waals surface area contributed by atoms with Gasteiger partial charge in [-0.3, -0.25) is 10.2 Å². The Morgan fingerprint density at radius 1 is 1.28 bits per heavy atom. The number of hydrogen-bond acceptors (Lipinski definition) is 3. The summed E-state index contributed by atoms with van der Waals surface area (Å²) in [5.74, 6) is 1.26. The minimum Gasteiger partial charge on any atom is -0.338 e. The standard InChI is InChI=1S/C19H27N5O/c1-2-11-24-18(8-10-21-24)22-19(25)20-13-17-9-12-23(15-17)14-16-6-4-3-5-7-16/h3-8,10,17H,2,9,11-15H2,1H3,(H2,20,22,25)/t17-/m0/s1. The number of aromatic nitrogens is 2. The summed E-state index contributed by atoms with van der Waals surface area (Å²) in [7, 11) is 0. The number of urea groups is 1. The van der Waals surface area contributed by atoms with E-state index >= 15 is 0 Å². The van der Waals surface area contributed by atoms with Crippen LogP contribution in [0.3, 0.4) is 0 Å². The van der Waals surface area contributed by atoms with Crippen molar-refractivity contribution in [2.24, 2.45) is 5.92 Å². The van der Waals surface area contributed by atoms with Crippen LogP contribution in [0.5, 0.6) is 0 Å². The molecule has 2 heterocycles. The maximum Gasteiger partial charge on any atom is 0.320 e. The summed E-state index contributed by atoms with van der Waals surface area (Å²) in [4.78, 5) is 14.6. The van der Waals surface area contributed by atoms with E-state index < -0.39 is 0 Å². The van der Waals surface area contributed by atoms with Crippen molar-refractivity contribution in [1.82, 2.24) is 20.0 Å². The Morgan fingerprint density at radius 2 is 2.12 bits per heavy atom. The van der Waals surface area contributed by atoms with Crippen LogP contribution in [0.15, 0.2) is 42.6 Å². The lowest BCUT2D eigenvalue weighted by molar-refractivity contribution is 0.249. The third kappa shape index (κ3) is 5.06. The fourth-order valence-corrected chi connectivity index (χ4v) is 3.29. The van der Waals surface area contributed by atoms with Gasteiger partial charge in [-0.2, -0.15) is 5.10 Å². The summed E-state index contributed by atoms with van der Waals surface area (Å²) in [5.41, 5.74) is 1.35. The molecule has 3 rings (SSSR count). The average molecular weight is 341 g/mol. The number of amides is 2. The van der Waals surface area contributed by atoms with Crippen LogP contribution in [0.2, 0.25) is 0 Å². The zero-order valence-corrected chi connectivity index (χ0v) is 14.8. The summed E-state index contributed by atoms with van der Waals surface area (Å²) in [5, 5.41) is 10.1. The van der Waals surface area contributed by atoms with Gasteiger partial charge < -0.3 is 5.32 Å². The summed E-state index contributed by atoms with van der Waals surface area (Å²) in [6.45, 7) is 6.71. The molecule has 1 aliphatic rings. The molecular weight excluding hydrogens is 314 g/mol. The second-order valence-electron chi connectivity index (χ2n) is 6.65. The molecule has 0 spiro atoms. The predicted molar refractivity (Wildman–Crippen MR) is 99.4 cm³/mol. The topological polar surface area (TPSA) is 62.2 Å². The summed E-state index contributed by atoms with van der Waals surface area (Å²) in [6.07, 6.45) is 3.82. The van der Waals surface area contributed by atoms with E-state index in [9.17, 15) is 4.79 Å². The van der Waals surface area contributed by atoms with Gasteiger partial charge in [0.05, 0.1) is 6.20 Å². The van der Waals surface area contributed by atoms with Gasteiger partial charge in [0.2, 0.25) is 0 Å². The van der Waals surface area contributed by atoms with Gasteiger partial charge in [-0.05, 0) is 30.9 Å². The number of nitrogens with zero attached hydrogens (tertiary/aromatic N) is 3. The molecule has 0 saturated carbocycles. The molecule has 6 nitrogen and oxygen atoms in total. The lowest BCUT2D eigenvalue weighted by atomic mass is 10.1. The Morgan fingerprint density at radius 3 is 2.92 bits per heavy atom. The molecule has 0 bridgehead atoms. The smallest absolute Gasteiger partial charge is 0.320 e. The number of hydrogen-bond donors (Lipinski definition) is 2. The van der Waals surface area contributed by atoms with E-state index in [-0.39, 0.29) is 6.03 Å². The van der Waals surface area contributed by atoms with Crippen LogP contribution in [0.25, 0.3) is 0 Å². The van der Waals surface area contributed by atoms with E-state index in [4.69, 9.17) is 0 Å². The van der Waals surface area contributed by atoms with E-state index in [2.05, 4.69) is 51.8 Å². The third-order valence-electron chi connectivity index (χ3n) is 4.56. The molecule has 0 aliphatic carbocycles. The summed E-state index contributed by atoms with van der Waals surface area (Å²) < 4.78 is 1.82. The first kappa shape index (κ1) is 17.5. The number of likely N-dealkylation sites (tertiary alicyclic amines) is 1. The first-order chi connectivity index (χ1) is 12.2. The van der Waals surface area contributed by atoms with Crippen molar-refractivity contribution in [3.63, 3.8) is 0 Å². The molecule has 6 heteroatoms. The number of nitrogens with one attached hydrogen (secondary N) is 2. The van der Waals surface area contributed by atoms with Crippen molar-refractivity contribution < 1.29 is 4.79 Å². The maximum atomic E-state index is 12.1.